The number of hydrogen-bond acceptors (Lipinski definition) is 11. The van der Waals surface area contributed by atoms with Gasteiger partial charge in [-0.05, 0) is 141 Å². The van der Waals surface area contributed by atoms with E-state index >= 15 is 14.4 Å². The Labute approximate surface area is 553 Å². The highest BCUT2D eigenvalue weighted by atomic mass is 35.5. The van der Waals surface area contributed by atoms with Crippen LogP contribution in [-0.4, -0.2) is 225 Å². The summed E-state index contributed by atoms with van der Waals surface area (Å²) in [4.78, 5) is 171. The summed E-state index contributed by atoms with van der Waals surface area (Å²) in [6, 6.07) is -10.9. The van der Waals surface area contributed by atoms with Gasteiger partial charge in [-0.1, -0.05) is 78.6 Å². The van der Waals surface area contributed by atoms with Gasteiger partial charge in [0, 0.05) is 66.2 Å². The molecule has 4 aliphatic carbocycles. The van der Waals surface area contributed by atoms with Crippen LogP contribution in [0.15, 0.2) is 0 Å². The zero-order valence-electron chi connectivity index (χ0n) is 57.1. The Morgan fingerprint density at radius 1 is 0.559 bits per heavy atom. The van der Waals surface area contributed by atoms with Crippen molar-refractivity contribution in [2.75, 3.05) is 48.3 Å². The monoisotopic (exact) mass is 1330 g/mol. The predicted octanol–water partition coefficient (Wildman–Crippen LogP) is 5.90. The Balaban J connectivity index is 1.23. The highest BCUT2D eigenvalue weighted by molar-refractivity contribution is 6.20. The number of rotatable bonds is 8. The van der Waals surface area contributed by atoms with Gasteiger partial charge in [-0.25, -0.2) is 0 Å². The summed E-state index contributed by atoms with van der Waals surface area (Å²) in [5.74, 6) is -8.49. The summed E-state index contributed by atoms with van der Waals surface area (Å²) in [5.41, 5.74) is -1.46. The van der Waals surface area contributed by atoms with Crippen molar-refractivity contribution in [3.63, 3.8) is 0 Å². The standard InChI is InChI=1S/C67H107ClF3N11O11/c1-13-39(3)54-64(92)78(10)43(7)60(88)82-34-30-51(82)62(90)79(11)52(37-45-24-22-38(2)23-25-45)63(91)77(9)42(6)56(84)73-49(29-27-44-26-28-47(48(68)36-44)67(69,70)71)61(89)81-33-18-21-50(81)58(86)75-66(31-16-17-32-66)65(93)80(12)55(46-19-14-15-20-46)59(87)72-40(4)35-53(83)76(8)41(5)57(85)74-54/h38-52,54-55H,13-37H2,1-12H3,(H,72,87)(H,73,84)(H,74,85)(H,75,86)/t38?,39-,40+,41-,42+,43-,44?,45?,47?,48?,49-,50-,51-,52-,54-,55-/m0/s1. The number of nitrogens with one attached hydrogen (secondary N) is 4. The smallest absolute Gasteiger partial charge is 0.351 e. The third-order valence-corrected chi connectivity index (χ3v) is 23.2. The molecule has 7 fully saturated rings. The summed E-state index contributed by atoms with van der Waals surface area (Å²) in [6.45, 7) is 12.3. The summed E-state index contributed by atoms with van der Waals surface area (Å²) in [5, 5.41) is 10.6. The Bertz CT molecular complexity index is 2720. The van der Waals surface area contributed by atoms with Gasteiger partial charge in [0.25, 0.3) is 0 Å². The van der Waals surface area contributed by atoms with Crippen molar-refractivity contribution in [3.05, 3.63) is 0 Å². The van der Waals surface area contributed by atoms with Crippen LogP contribution in [0, 0.1) is 35.5 Å². The number of likely N-dealkylation sites (N-methyl/N-ethyl adjacent to an activating group) is 5. The second-order valence-electron chi connectivity index (χ2n) is 28.9. The quantitative estimate of drug-likeness (QED) is 0.208. The fourth-order valence-electron chi connectivity index (χ4n) is 15.6. The number of halogens is 4. The van der Waals surface area contributed by atoms with Gasteiger partial charge < -0.3 is 55.6 Å². The molecular formula is C67H107ClF3N11O11. The molecule has 0 aromatic rings. The van der Waals surface area contributed by atoms with E-state index in [0.29, 0.717) is 44.4 Å². The zero-order valence-corrected chi connectivity index (χ0v) is 57.9. The lowest BCUT2D eigenvalue weighted by molar-refractivity contribution is -0.182. The van der Waals surface area contributed by atoms with Gasteiger partial charge in [-0.15, -0.1) is 11.6 Å². The van der Waals surface area contributed by atoms with Crippen LogP contribution in [0.3, 0.4) is 0 Å². The van der Waals surface area contributed by atoms with Crippen LogP contribution in [0.2, 0.25) is 0 Å². The van der Waals surface area contributed by atoms with Crippen molar-refractivity contribution in [2.45, 2.75) is 274 Å². The lowest BCUT2D eigenvalue weighted by atomic mass is 9.78. The average molecular weight is 1340 g/mol. The van der Waals surface area contributed by atoms with E-state index in [-0.39, 0.29) is 101 Å². The molecular weight excluding hydrogens is 1230 g/mol. The van der Waals surface area contributed by atoms with Crippen LogP contribution >= 0.6 is 11.6 Å². The number of carbonyl (C=O) groups excluding carboxylic acids is 11. The van der Waals surface area contributed by atoms with Gasteiger partial charge in [0.2, 0.25) is 65.0 Å². The van der Waals surface area contributed by atoms with Crippen LogP contribution < -0.4 is 21.3 Å². The number of hydrogen-bond donors (Lipinski definition) is 4. The fraction of sp³-hybridized carbons (Fsp3) is 0.836. The van der Waals surface area contributed by atoms with Gasteiger partial charge in [-0.3, -0.25) is 52.7 Å². The third kappa shape index (κ3) is 17.3. The van der Waals surface area contributed by atoms with E-state index in [1.165, 1.54) is 83.3 Å². The molecule has 0 radical (unpaired) electrons. The average Bonchev–Trinajstić information content (AvgIpc) is 1.78. The van der Waals surface area contributed by atoms with Crippen LogP contribution in [0.25, 0.3) is 0 Å². The lowest BCUT2D eigenvalue weighted by Gasteiger charge is -2.45. The minimum Gasteiger partial charge on any atom is -0.351 e. The molecule has 26 heteroatoms. The van der Waals surface area contributed by atoms with Crippen molar-refractivity contribution < 1.29 is 65.9 Å². The van der Waals surface area contributed by atoms with Gasteiger partial charge in [-0.2, -0.15) is 13.2 Å². The molecule has 14 atom stereocenters. The van der Waals surface area contributed by atoms with Crippen molar-refractivity contribution in [1.29, 1.82) is 0 Å². The molecule has 3 saturated heterocycles. The first kappa shape index (κ1) is 74.6. The van der Waals surface area contributed by atoms with E-state index in [1.54, 1.807) is 20.9 Å². The van der Waals surface area contributed by atoms with Gasteiger partial charge in [0.15, 0.2) is 0 Å². The Kier molecular flexibility index (Phi) is 25.6. The Morgan fingerprint density at radius 3 is 1.74 bits per heavy atom. The minimum atomic E-state index is -4.49. The summed E-state index contributed by atoms with van der Waals surface area (Å²) >= 11 is 6.41. The molecule has 0 aromatic heterocycles. The molecule has 0 aromatic carbocycles. The van der Waals surface area contributed by atoms with Crippen LogP contribution in [0.1, 0.15) is 196 Å². The van der Waals surface area contributed by atoms with Crippen LogP contribution in [0.5, 0.6) is 0 Å². The number of alkyl halides is 4. The lowest BCUT2D eigenvalue weighted by Crippen LogP contribution is -2.65. The van der Waals surface area contributed by atoms with Gasteiger partial charge in [0.1, 0.15) is 59.9 Å². The largest absolute Gasteiger partial charge is 0.393 e. The predicted molar refractivity (Wildman–Crippen MR) is 343 cm³/mol. The second-order valence-corrected chi connectivity index (χ2v) is 29.5. The molecule has 7 rings (SSSR count). The topological polar surface area (TPSA) is 259 Å². The van der Waals surface area contributed by atoms with E-state index in [1.807, 2.05) is 6.92 Å². The van der Waals surface area contributed by atoms with E-state index < -0.39 is 154 Å². The molecule has 3 heterocycles. The number of nitrogens with zero attached hydrogens (tertiary/aromatic N) is 7. The molecule has 4 saturated carbocycles. The van der Waals surface area contributed by atoms with Crippen LogP contribution in [0.4, 0.5) is 13.2 Å². The van der Waals surface area contributed by atoms with Crippen molar-refractivity contribution in [1.82, 2.24) is 55.6 Å². The number of carbonyl (C=O) groups is 11. The molecule has 7 aliphatic rings. The first-order valence-corrected chi connectivity index (χ1v) is 35.0. The summed E-state index contributed by atoms with van der Waals surface area (Å²) in [7, 11) is 7.40. The normalized spacial score (nSPS) is 34.5. The molecule has 524 valence electrons. The first-order valence-electron chi connectivity index (χ1n) is 34.6. The Hall–Kier alpha value is -5.75. The van der Waals surface area contributed by atoms with E-state index in [4.69, 9.17) is 11.6 Å². The van der Waals surface area contributed by atoms with E-state index in [9.17, 15) is 51.5 Å². The maximum absolute atomic E-state index is 15.3. The second kappa shape index (κ2) is 31.9. The minimum absolute atomic E-state index is 0.0161. The molecule has 93 heavy (non-hydrogen) atoms. The SMILES string of the molecule is CC[C@H](C)[C@@H]1NC(=O)[C@H](C)N(C)C(=O)C[C@@H](C)NC(=O)[C@H](C2CCCC2)N(C)C(=O)C2(CCCC2)NC(=O)[C@@H]2CCCN2C(=O)[C@H](CCC2CCC(C(F)(F)F)C(Cl)C2)NC(=O)[C@@H](C)N(C)C(=O)[C@H](CC2CCC(C)CC2)N(C)C(=O)[C@@H]2CCN2C(=O)[C@H](C)N(C)C1=O. The van der Waals surface area contributed by atoms with Crippen molar-refractivity contribution >= 4 is 76.6 Å². The van der Waals surface area contributed by atoms with E-state index in [2.05, 4.69) is 28.2 Å². The fourth-order valence-corrected chi connectivity index (χ4v) is 16.1. The maximum Gasteiger partial charge on any atom is 0.393 e. The first-order chi connectivity index (χ1) is 43.7. The number of amides is 11. The van der Waals surface area contributed by atoms with Gasteiger partial charge >= 0.3 is 6.18 Å². The third-order valence-electron chi connectivity index (χ3n) is 22.7. The molecule has 1 spiro atoms. The van der Waals surface area contributed by atoms with E-state index in [0.717, 1.165) is 38.5 Å². The highest BCUT2D eigenvalue weighted by Gasteiger charge is 2.52. The molecule has 3 unspecified atom stereocenters. The summed E-state index contributed by atoms with van der Waals surface area (Å²) < 4.78 is 42.0. The molecule has 4 N–H and O–H groups in total. The number of fused-ring (bicyclic) bond motifs is 2. The van der Waals surface area contributed by atoms with Crippen LogP contribution in [-0.2, 0) is 52.7 Å². The molecule has 0 bridgehead atoms. The zero-order chi connectivity index (χ0) is 68.7. The Morgan fingerprint density at radius 2 is 1.15 bits per heavy atom. The maximum atomic E-state index is 15.3. The molecule has 11 amide bonds. The van der Waals surface area contributed by atoms with Crippen molar-refractivity contribution in [2.24, 2.45) is 35.5 Å². The van der Waals surface area contributed by atoms with Crippen molar-refractivity contribution in [3.8, 4) is 0 Å². The summed E-state index contributed by atoms with van der Waals surface area (Å²) in [6.07, 6.45) is 4.93. The van der Waals surface area contributed by atoms with Gasteiger partial charge in [0.05, 0.1) is 5.92 Å². The molecule has 22 nitrogen and oxygen atoms in total. The molecule has 3 aliphatic heterocycles. The highest BCUT2D eigenvalue weighted by Crippen LogP contribution is 2.44.